The number of guanidine groups is 1. The molecule has 0 aliphatic heterocycles. The van der Waals surface area contributed by atoms with E-state index < -0.39 is 0 Å². The van der Waals surface area contributed by atoms with Crippen LogP contribution in [0.4, 0.5) is 0 Å². The second-order valence-electron chi connectivity index (χ2n) is 1.69. The molecule has 8 heavy (non-hydrogen) atoms. The van der Waals surface area contributed by atoms with Crippen molar-refractivity contribution in [3.8, 4) is 0 Å². The van der Waals surface area contributed by atoms with Crippen molar-refractivity contribution in [2.45, 2.75) is 0 Å². The maximum Gasteiger partial charge on any atom is 0.192 e. The summed E-state index contributed by atoms with van der Waals surface area (Å²) in [5, 5.41) is 2.93. The Morgan fingerprint density at radius 2 is 2.00 bits per heavy atom. The van der Waals surface area contributed by atoms with E-state index >= 15 is 0 Å². The predicted octanol–water partition coefficient (Wildman–Crippen LogP) is -0.247. The van der Waals surface area contributed by atoms with Crippen LogP contribution in [-0.4, -0.2) is 39.1 Å². The van der Waals surface area contributed by atoms with Gasteiger partial charge in [-0.2, -0.15) is 0 Å². The molecule has 0 aliphatic carbocycles. The lowest BCUT2D eigenvalue weighted by atomic mass is 10.8. The van der Waals surface area contributed by atoms with Crippen molar-refractivity contribution in [3.63, 3.8) is 0 Å². The normalized spacial score (nSPS) is 11.2. The van der Waals surface area contributed by atoms with Gasteiger partial charge in [0, 0.05) is 28.2 Å². The summed E-state index contributed by atoms with van der Waals surface area (Å²) < 4.78 is 0. The molecule has 0 atom stereocenters. The molecule has 0 amide bonds. The molecule has 0 aliphatic rings. The van der Waals surface area contributed by atoms with Crippen LogP contribution in [-0.2, 0) is 0 Å². The molecule has 0 unspecified atom stereocenters. The van der Waals surface area contributed by atoms with Crippen LogP contribution in [0.5, 0.6) is 0 Å². The molecule has 48 valence electrons. The van der Waals surface area contributed by atoms with Gasteiger partial charge in [-0.1, -0.05) is 0 Å². The van der Waals surface area contributed by atoms with Crippen molar-refractivity contribution in [3.05, 3.63) is 0 Å². The minimum atomic E-state index is 0.894. The molecule has 3 nitrogen and oxygen atoms in total. The highest BCUT2D eigenvalue weighted by Gasteiger charge is 1.91. The van der Waals surface area contributed by atoms with Crippen LogP contribution in [0.25, 0.3) is 0 Å². The van der Waals surface area contributed by atoms with E-state index in [4.69, 9.17) is 0 Å². The second-order valence-corrected chi connectivity index (χ2v) is 1.69. The van der Waals surface area contributed by atoms with Crippen LogP contribution in [0.2, 0.25) is 0 Å². The van der Waals surface area contributed by atoms with Crippen LogP contribution in [0.3, 0.4) is 0 Å². The first-order chi connectivity index (χ1) is 3.72. The summed E-state index contributed by atoms with van der Waals surface area (Å²) in [6.07, 6.45) is 0. The van der Waals surface area contributed by atoms with Crippen LogP contribution < -0.4 is 5.32 Å². The Morgan fingerprint density at radius 3 is 2.00 bits per heavy atom. The molecule has 0 saturated heterocycles. The van der Waals surface area contributed by atoms with Gasteiger partial charge in [-0.25, -0.2) is 0 Å². The first-order valence-corrected chi connectivity index (χ1v) is 2.54. The van der Waals surface area contributed by atoms with E-state index in [9.17, 15) is 0 Å². The summed E-state index contributed by atoms with van der Waals surface area (Å²) in [5.41, 5.74) is 0. The summed E-state index contributed by atoms with van der Waals surface area (Å²) in [7, 11) is 7.49. The Hall–Kier alpha value is -0.730. The lowest BCUT2D eigenvalue weighted by Crippen LogP contribution is -2.33. The quantitative estimate of drug-likeness (QED) is 0.348. The highest BCUT2D eigenvalue weighted by atomic mass is 15.2. The van der Waals surface area contributed by atoms with Crippen molar-refractivity contribution >= 4 is 5.96 Å². The van der Waals surface area contributed by atoms with E-state index in [0.717, 1.165) is 5.96 Å². The van der Waals surface area contributed by atoms with E-state index in [0.29, 0.717) is 0 Å². The summed E-state index contributed by atoms with van der Waals surface area (Å²) in [6.45, 7) is 0. The van der Waals surface area contributed by atoms with Gasteiger partial charge in [0.1, 0.15) is 0 Å². The second kappa shape index (κ2) is 3.29. The maximum atomic E-state index is 3.94. The molecule has 0 radical (unpaired) electrons. The van der Waals surface area contributed by atoms with Crippen molar-refractivity contribution in [1.29, 1.82) is 0 Å². The van der Waals surface area contributed by atoms with E-state index in [-0.39, 0.29) is 0 Å². The first-order valence-electron chi connectivity index (χ1n) is 2.54. The maximum absolute atomic E-state index is 3.94. The zero-order valence-electron chi connectivity index (χ0n) is 5.89. The molecule has 3 heteroatoms. The summed E-state index contributed by atoms with van der Waals surface area (Å²) in [5.74, 6) is 0.894. The molecule has 0 aromatic heterocycles. The fourth-order valence-electron chi connectivity index (χ4n) is 0.535. The summed E-state index contributed by atoms with van der Waals surface area (Å²) in [6, 6.07) is 0. The fraction of sp³-hybridized carbons (Fsp3) is 0.800. The number of aliphatic imine (C=N–C) groups is 1. The molecule has 1 N–H and O–H groups in total. The van der Waals surface area contributed by atoms with E-state index in [1.807, 2.05) is 26.0 Å². The molecule has 0 rings (SSSR count). The van der Waals surface area contributed by atoms with Gasteiger partial charge < -0.3 is 10.2 Å². The van der Waals surface area contributed by atoms with Crippen molar-refractivity contribution < 1.29 is 0 Å². The monoisotopic (exact) mass is 115 g/mol. The Balaban J connectivity index is 3.72. The molecule has 0 spiro atoms. The molecule has 0 aromatic carbocycles. The van der Waals surface area contributed by atoms with Gasteiger partial charge >= 0.3 is 0 Å². The van der Waals surface area contributed by atoms with Crippen molar-refractivity contribution in [2.24, 2.45) is 4.99 Å². The molecule has 0 fully saturated rings. The smallest absolute Gasteiger partial charge is 0.192 e. The molecular formula is C5H13N3. The zero-order valence-corrected chi connectivity index (χ0v) is 5.89. The van der Waals surface area contributed by atoms with Crippen molar-refractivity contribution in [2.75, 3.05) is 28.2 Å². The number of nitrogens with zero attached hydrogens (tertiary/aromatic N) is 2. The van der Waals surface area contributed by atoms with Crippen LogP contribution in [0, 0.1) is 0 Å². The average molecular weight is 115 g/mol. The Morgan fingerprint density at radius 1 is 1.50 bits per heavy atom. The lowest BCUT2D eigenvalue weighted by Gasteiger charge is -2.12. The van der Waals surface area contributed by atoms with E-state index in [1.54, 1.807) is 7.05 Å². The zero-order chi connectivity index (χ0) is 6.57. The standard InChI is InChI=1S/C5H13N3/c1-6-5(7-2)8(3)4/h1-4H3,(H,6,7). The number of hydrogen-bond acceptors (Lipinski definition) is 1. The largest absolute Gasteiger partial charge is 0.359 e. The van der Waals surface area contributed by atoms with Gasteiger partial charge in [0.2, 0.25) is 0 Å². The Labute approximate surface area is 50.4 Å². The summed E-state index contributed by atoms with van der Waals surface area (Å²) in [4.78, 5) is 5.85. The Bertz CT molecular complexity index is 85.7. The average Bonchev–Trinajstić information content (AvgIpc) is 1.69. The number of rotatable bonds is 0. The molecule has 0 bridgehead atoms. The lowest BCUT2D eigenvalue weighted by molar-refractivity contribution is 0.596. The minimum Gasteiger partial charge on any atom is -0.359 e. The van der Waals surface area contributed by atoms with Gasteiger partial charge in [0.15, 0.2) is 5.96 Å². The third-order valence-corrected chi connectivity index (χ3v) is 0.859. The molecule has 0 saturated carbocycles. The third kappa shape index (κ3) is 1.82. The van der Waals surface area contributed by atoms with Gasteiger partial charge in [0.25, 0.3) is 0 Å². The third-order valence-electron chi connectivity index (χ3n) is 0.859. The SMILES string of the molecule is C/N=C(\NC)N(C)C. The van der Waals surface area contributed by atoms with E-state index in [2.05, 4.69) is 10.3 Å². The number of nitrogens with one attached hydrogen (secondary N) is 1. The predicted molar refractivity (Wildman–Crippen MR) is 36.1 cm³/mol. The topological polar surface area (TPSA) is 27.6 Å². The van der Waals surface area contributed by atoms with Crippen molar-refractivity contribution in [1.82, 2.24) is 10.2 Å². The van der Waals surface area contributed by atoms with E-state index in [1.165, 1.54) is 0 Å². The van der Waals surface area contributed by atoms with Crippen LogP contribution >= 0.6 is 0 Å². The fourth-order valence-corrected chi connectivity index (χ4v) is 0.535. The van der Waals surface area contributed by atoms with Crippen LogP contribution in [0.15, 0.2) is 4.99 Å². The molecular weight excluding hydrogens is 102 g/mol. The summed E-state index contributed by atoms with van der Waals surface area (Å²) >= 11 is 0. The Kier molecular flexibility index (Phi) is 2.99. The highest BCUT2D eigenvalue weighted by Crippen LogP contribution is 1.73. The van der Waals surface area contributed by atoms with Gasteiger partial charge in [-0.3, -0.25) is 4.99 Å². The minimum absolute atomic E-state index is 0.894. The van der Waals surface area contributed by atoms with Gasteiger partial charge in [0.05, 0.1) is 0 Å². The van der Waals surface area contributed by atoms with Gasteiger partial charge in [-0.15, -0.1) is 0 Å². The van der Waals surface area contributed by atoms with Gasteiger partial charge in [-0.05, 0) is 0 Å². The number of hydrogen-bond donors (Lipinski definition) is 1. The first kappa shape index (κ1) is 7.27. The molecule has 0 aromatic rings. The highest BCUT2D eigenvalue weighted by molar-refractivity contribution is 5.78. The molecule has 0 heterocycles. The van der Waals surface area contributed by atoms with Crippen LogP contribution in [0.1, 0.15) is 0 Å².